The van der Waals surface area contributed by atoms with Crippen molar-refractivity contribution < 1.29 is 13.5 Å². The summed E-state index contributed by atoms with van der Waals surface area (Å²) in [5.41, 5.74) is 0. The van der Waals surface area contributed by atoms with Gasteiger partial charge in [-0.25, -0.2) is 0 Å². The van der Waals surface area contributed by atoms with Crippen LogP contribution in [0.2, 0.25) is 0 Å². The topological polar surface area (TPSA) is 69.6 Å². The lowest BCUT2D eigenvalue weighted by Gasteiger charge is -2.29. The second-order valence-electron chi connectivity index (χ2n) is 5.03. The third kappa shape index (κ3) is 4.84. The number of aliphatic hydroxyl groups is 1. The minimum Gasteiger partial charge on any atom is -0.393 e. The minimum absolute atomic E-state index is 0.0189. The summed E-state index contributed by atoms with van der Waals surface area (Å²) in [4.78, 5) is 0. The molecule has 6 heteroatoms. The zero-order valence-corrected chi connectivity index (χ0v) is 12.2. The van der Waals surface area contributed by atoms with Crippen molar-refractivity contribution in [2.45, 2.75) is 64.5 Å². The molecule has 0 aromatic carbocycles. The Kier molecular flexibility index (Phi) is 6.55. The van der Waals surface area contributed by atoms with Crippen LogP contribution in [0.4, 0.5) is 0 Å². The fourth-order valence-electron chi connectivity index (χ4n) is 2.33. The van der Waals surface area contributed by atoms with Crippen molar-refractivity contribution in [1.82, 2.24) is 9.03 Å². The highest BCUT2D eigenvalue weighted by Crippen LogP contribution is 2.19. The average molecular weight is 278 g/mol. The molecule has 18 heavy (non-hydrogen) atoms. The van der Waals surface area contributed by atoms with E-state index in [0.717, 1.165) is 25.7 Å². The number of hydrogen-bond acceptors (Lipinski definition) is 3. The van der Waals surface area contributed by atoms with Crippen molar-refractivity contribution in [1.29, 1.82) is 0 Å². The Morgan fingerprint density at radius 2 is 1.61 bits per heavy atom. The molecule has 1 saturated carbocycles. The maximum absolute atomic E-state index is 12.2. The molecule has 1 fully saturated rings. The Balaban J connectivity index is 2.56. The predicted octanol–water partition coefficient (Wildman–Crippen LogP) is 1.25. The number of nitrogens with zero attached hydrogens (tertiary/aromatic N) is 1. The first kappa shape index (κ1) is 15.9. The van der Waals surface area contributed by atoms with Gasteiger partial charge in [-0.05, 0) is 38.5 Å². The number of rotatable bonds is 7. The normalized spacial score (nSPS) is 25.6. The number of nitrogens with one attached hydrogen (secondary N) is 1. The lowest BCUT2D eigenvalue weighted by molar-refractivity contribution is 0.120. The van der Waals surface area contributed by atoms with Crippen LogP contribution in [0.5, 0.6) is 0 Å². The van der Waals surface area contributed by atoms with Gasteiger partial charge < -0.3 is 5.11 Å². The standard InChI is InChI=1S/C12H26N2O3S/c1-3-9-14(10-4-2)18(16,17)13-11-5-7-12(15)8-6-11/h11-13,15H,3-10H2,1-2H3. The highest BCUT2D eigenvalue weighted by molar-refractivity contribution is 7.87. The van der Waals surface area contributed by atoms with E-state index < -0.39 is 10.2 Å². The first-order valence-electron chi connectivity index (χ1n) is 6.95. The van der Waals surface area contributed by atoms with E-state index in [1.807, 2.05) is 13.8 Å². The van der Waals surface area contributed by atoms with Gasteiger partial charge in [0.05, 0.1) is 6.10 Å². The minimum atomic E-state index is -3.36. The molecule has 0 amide bonds. The molecule has 0 aromatic rings. The van der Waals surface area contributed by atoms with Crippen molar-refractivity contribution >= 4 is 10.2 Å². The smallest absolute Gasteiger partial charge is 0.279 e. The monoisotopic (exact) mass is 278 g/mol. The Morgan fingerprint density at radius 3 is 2.06 bits per heavy atom. The molecule has 108 valence electrons. The molecular formula is C12H26N2O3S. The third-order valence-corrected chi connectivity index (χ3v) is 4.97. The third-order valence-electron chi connectivity index (χ3n) is 3.30. The van der Waals surface area contributed by atoms with E-state index in [4.69, 9.17) is 0 Å². The van der Waals surface area contributed by atoms with Crippen LogP contribution in [0.15, 0.2) is 0 Å². The summed E-state index contributed by atoms with van der Waals surface area (Å²) in [5.74, 6) is 0. The highest BCUT2D eigenvalue weighted by atomic mass is 32.2. The summed E-state index contributed by atoms with van der Waals surface area (Å²) in [5, 5.41) is 9.42. The van der Waals surface area contributed by atoms with Crippen molar-refractivity contribution in [3.63, 3.8) is 0 Å². The molecule has 1 rings (SSSR count). The molecule has 0 heterocycles. The van der Waals surface area contributed by atoms with Crippen molar-refractivity contribution in [3.8, 4) is 0 Å². The maximum atomic E-state index is 12.2. The van der Waals surface area contributed by atoms with E-state index in [-0.39, 0.29) is 12.1 Å². The van der Waals surface area contributed by atoms with Crippen LogP contribution in [-0.4, -0.2) is 43.1 Å². The Bertz CT molecular complexity index is 318. The van der Waals surface area contributed by atoms with E-state index >= 15 is 0 Å². The maximum Gasteiger partial charge on any atom is 0.279 e. The van der Waals surface area contributed by atoms with Gasteiger partial charge in [-0.3, -0.25) is 0 Å². The summed E-state index contributed by atoms with van der Waals surface area (Å²) in [7, 11) is -3.36. The van der Waals surface area contributed by atoms with E-state index in [1.165, 1.54) is 4.31 Å². The van der Waals surface area contributed by atoms with Gasteiger partial charge in [0.15, 0.2) is 0 Å². The van der Waals surface area contributed by atoms with Gasteiger partial charge in [-0.1, -0.05) is 13.8 Å². The molecule has 0 aromatic heterocycles. The summed E-state index contributed by atoms with van der Waals surface area (Å²) >= 11 is 0. The van der Waals surface area contributed by atoms with Crippen LogP contribution >= 0.6 is 0 Å². The zero-order chi connectivity index (χ0) is 13.6. The number of hydrogen-bond donors (Lipinski definition) is 2. The van der Waals surface area contributed by atoms with Gasteiger partial charge in [-0.15, -0.1) is 0 Å². The molecule has 0 spiro atoms. The Labute approximate surface area is 111 Å². The predicted molar refractivity (Wildman–Crippen MR) is 72.5 cm³/mol. The molecule has 1 aliphatic rings. The fraction of sp³-hybridized carbons (Fsp3) is 1.00. The molecule has 5 nitrogen and oxygen atoms in total. The van der Waals surface area contributed by atoms with Crippen molar-refractivity contribution in [2.75, 3.05) is 13.1 Å². The van der Waals surface area contributed by atoms with Gasteiger partial charge in [0.1, 0.15) is 0 Å². The lowest BCUT2D eigenvalue weighted by atomic mass is 9.94. The van der Waals surface area contributed by atoms with E-state index in [1.54, 1.807) is 0 Å². The van der Waals surface area contributed by atoms with Crippen LogP contribution in [-0.2, 0) is 10.2 Å². The van der Waals surface area contributed by atoms with Gasteiger partial charge in [-0.2, -0.15) is 17.4 Å². The van der Waals surface area contributed by atoms with Crippen molar-refractivity contribution in [2.24, 2.45) is 0 Å². The fourth-order valence-corrected chi connectivity index (χ4v) is 3.98. The molecule has 0 atom stereocenters. The molecule has 1 aliphatic carbocycles. The van der Waals surface area contributed by atoms with Gasteiger partial charge in [0.25, 0.3) is 10.2 Å². The lowest BCUT2D eigenvalue weighted by Crippen LogP contribution is -2.47. The second kappa shape index (κ2) is 7.43. The molecule has 0 saturated heterocycles. The second-order valence-corrected chi connectivity index (χ2v) is 6.73. The Hall–Kier alpha value is -0.170. The van der Waals surface area contributed by atoms with Gasteiger partial charge in [0.2, 0.25) is 0 Å². The van der Waals surface area contributed by atoms with E-state index in [0.29, 0.717) is 25.9 Å². The van der Waals surface area contributed by atoms with Crippen molar-refractivity contribution in [3.05, 3.63) is 0 Å². The summed E-state index contributed by atoms with van der Waals surface area (Å²) in [6.07, 6.45) is 4.23. The van der Waals surface area contributed by atoms with Crippen LogP contribution in [0, 0.1) is 0 Å². The SMILES string of the molecule is CCCN(CCC)S(=O)(=O)NC1CCC(O)CC1. The molecule has 2 N–H and O–H groups in total. The van der Waals surface area contributed by atoms with E-state index in [9.17, 15) is 13.5 Å². The molecule has 0 unspecified atom stereocenters. The van der Waals surface area contributed by atoms with Crippen LogP contribution < -0.4 is 4.72 Å². The first-order chi connectivity index (χ1) is 8.49. The van der Waals surface area contributed by atoms with Gasteiger partial charge >= 0.3 is 0 Å². The first-order valence-corrected chi connectivity index (χ1v) is 8.39. The van der Waals surface area contributed by atoms with Crippen LogP contribution in [0.1, 0.15) is 52.4 Å². The highest BCUT2D eigenvalue weighted by Gasteiger charge is 2.27. The summed E-state index contributed by atoms with van der Waals surface area (Å²) in [6.45, 7) is 5.10. The van der Waals surface area contributed by atoms with Gasteiger partial charge in [0, 0.05) is 19.1 Å². The Morgan fingerprint density at radius 1 is 1.11 bits per heavy atom. The molecule has 0 aliphatic heterocycles. The van der Waals surface area contributed by atoms with Crippen LogP contribution in [0.3, 0.4) is 0 Å². The largest absolute Gasteiger partial charge is 0.393 e. The molecule has 0 bridgehead atoms. The molecular weight excluding hydrogens is 252 g/mol. The summed E-state index contributed by atoms with van der Waals surface area (Å²) in [6, 6.07) is -0.0189. The number of aliphatic hydroxyl groups excluding tert-OH is 1. The average Bonchev–Trinajstić information content (AvgIpc) is 2.32. The quantitative estimate of drug-likeness (QED) is 0.736. The zero-order valence-electron chi connectivity index (χ0n) is 11.4. The summed E-state index contributed by atoms with van der Waals surface area (Å²) < 4.78 is 28.7. The van der Waals surface area contributed by atoms with Crippen LogP contribution in [0.25, 0.3) is 0 Å². The van der Waals surface area contributed by atoms with E-state index in [2.05, 4.69) is 4.72 Å². The molecule has 0 radical (unpaired) electrons.